The molecule has 1 saturated heterocycles. The van der Waals surface area contributed by atoms with Crippen LogP contribution in [0.25, 0.3) is 0 Å². The van der Waals surface area contributed by atoms with Gasteiger partial charge in [0.2, 0.25) is 5.91 Å². The zero-order valence-electron chi connectivity index (χ0n) is 16.6. The summed E-state index contributed by atoms with van der Waals surface area (Å²) in [7, 11) is 1.60. The van der Waals surface area contributed by atoms with E-state index >= 15 is 0 Å². The SMILES string of the molecule is COc1cc(/C=N\NC(=O)CC2(C)SCCS2)cc(I)c1OCc1ccc(Cl)cc1. The quantitative estimate of drug-likeness (QED) is 0.253. The lowest BCUT2D eigenvalue weighted by Gasteiger charge is -2.19. The van der Waals surface area contributed by atoms with Gasteiger partial charge in [0.15, 0.2) is 11.5 Å². The number of halogens is 2. The summed E-state index contributed by atoms with van der Waals surface area (Å²) >= 11 is 11.8. The number of rotatable bonds is 8. The van der Waals surface area contributed by atoms with Gasteiger partial charge in [-0.2, -0.15) is 5.10 Å². The lowest BCUT2D eigenvalue weighted by molar-refractivity contribution is -0.121. The van der Waals surface area contributed by atoms with Gasteiger partial charge in [0.25, 0.3) is 0 Å². The van der Waals surface area contributed by atoms with Gasteiger partial charge in [-0.15, -0.1) is 23.5 Å². The normalized spacial score (nSPS) is 15.3. The summed E-state index contributed by atoms with van der Waals surface area (Å²) in [5.41, 5.74) is 4.45. The van der Waals surface area contributed by atoms with Crippen molar-refractivity contribution in [2.24, 2.45) is 5.10 Å². The molecule has 1 heterocycles. The van der Waals surface area contributed by atoms with Gasteiger partial charge in [0, 0.05) is 16.5 Å². The summed E-state index contributed by atoms with van der Waals surface area (Å²) in [6.45, 7) is 2.51. The zero-order chi connectivity index (χ0) is 21.6. The van der Waals surface area contributed by atoms with Crippen LogP contribution in [0.2, 0.25) is 5.02 Å². The number of carbonyl (C=O) groups is 1. The van der Waals surface area contributed by atoms with Gasteiger partial charge in [-0.25, -0.2) is 5.43 Å². The Morgan fingerprint density at radius 3 is 2.67 bits per heavy atom. The molecule has 0 radical (unpaired) electrons. The minimum absolute atomic E-state index is 0.0543. The second-order valence-corrected chi connectivity index (χ2v) is 11.8. The molecule has 160 valence electrons. The van der Waals surface area contributed by atoms with Gasteiger partial charge in [-0.05, 0) is 64.9 Å². The predicted molar refractivity (Wildman–Crippen MR) is 135 cm³/mol. The molecule has 5 nitrogen and oxygen atoms in total. The number of ether oxygens (including phenoxy) is 2. The molecular formula is C21H22ClIN2O3S2. The van der Waals surface area contributed by atoms with Gasteiger partial charge in [0.1, 0.15) is 6.61 Å². The van der Waals surface area contributed by atoms with Crippen LogP contribution >= 0.6 is 57.7 Å². The first kappa shape index (κ1) is 23.6. The average molecular weight is 577 g/mol. The Kier molecular flexibility index (Phi) is 8.62. The van der Waals surface area contributed by atoms with E-state index in [0.717, 1.165) is 26.2 Å². The summed E-state index contributed by atoms with van der Waals surface area (Å²) in [6, 6.07) is 11.3. The summed E-state index contributed by atoms with van der Waals surface area (Å²) in [5.74, 6) is 3.36. The third-order valence-electron chi connectivity index (χ3n) is 4.33. The first-order valence-electron chi connectivity index (χ1n) is 9.23. The number of nitrogens with zero attached hydrogens (tertiary/aromatic N) is 1. The molecule has 1 aliphatic rings. The molecule has 2 aromatic rings. The number of amides is 1. The number of hydrogen-bond donors (Lipinski definition) is 1. The smallest absolute Gasteiger partial charge is 0.242 e. The Morgan fingerprint density at radius 1 is 1.30 bits per heavy atom. The lowest BCUT2D eigenvalue weighted by atomic mass is 10.2. The van der Waals surface area contributed by atoms with Crippen LogP contribution in [0, 0.1) is 3.57 Å². The highest BCUT2D eigenvalue weighted by Crippen LogP contribution is 2.45. The number of carbonyl (C=O) groups excluding carboxylic acids is 1. The van der Waals surface area contributed by atoms with Crippen LogP contribution in [-0.2, 0) is 11.4 Å². The molecule has 0 aromatic heterocycles. The van der Waals surface area contributed by atoms with Gasteiger partial charge >= 0.3 is 0 Å². The Bertz CT molecular complexity index is 919. The van der Waals surface area contributed by atoms with E-state index in [1.165, 1.54) is 0 Å². The van der Waals surface area contributed by atoms with E-state index < -0.39 is 0 Å². The maximum Gasteiger partial charge on any atom is 0.242 e. The highest BCUT2D eigenvalue weighted by molar-refractivity contribution is 14.1. The fourth-order valence-electron chi connectivity index (χ4n) is 2.86. The molecular weight excluding hydrogens is 555 g/mol. The van der Waals surface area contributed by atoms with Crippen LogP contribution in [-0.4, -0.2) is 34.8 Å². The largest absolute Gasteiger partial charge is 0.493 e. The van der Waals surface area contributed by atoms with Crippen molar-refractivity contribution in [2.45, 2.75) is 24.0 Å². The van der Waals surface area contributed by atoms with Gasteiger partial charge in [-0.3, -0.25) is 4.79 Å². The lowest BCUT2D eigenvalue weighted by Crippen LogP contribution is -2.26. The highest BCUT2D eigenvalue weighted by Gasteiger charge is 2.32. The number of thioether (sulfide) groups is 2. The van der Waals surface area contributed by atoms with Crippen LogP contribution in [0.1, 0.15) is 24.5 Å². The van der Waals surface area contributed by atoms with Crippen LogP contribution in [0.15, 0.2) is 41.5 Å². The first-order valence-corrected chi connectivity index (χ1v) is 12.7. The maximum atomic E-state index is 12.2. The fourth-order valence-corrected chi connectivity index (χ4v) is 6.60. The second kappa shape index (κ2) is 11.0. The summed E-state index contributed by atoms with van der Waals surface area (Å²) in [6.07, 6.45) is 2.06. The third kappa shape index (κ3) is 6.70. The molecule has 9 heteroatoms. The van der Waals surface area contributed by atoms with E-state index in [1.807, 2.05) is 59.9 Å². The van der Waals surface area contributed by atoms with Gasteiger partial charge < -0.3 is 9.47 Å². The Labute approximate surface area is 203 Å². The molecule has 30 heavy (non-hydrogen) atoms. The van der Waals surface area contributed by atoms with Crippen molar-refractivity contribution >= 4 is 69.8 Å². The molecule has 0 aliphatic carbocycles. The molecule has 0 saturated carbocycles. The minimum atomic E-state index is -0.0831. The van der Waals surface area contributed by atoms with E-state index in [4.69, 9.17) is 21.1 Å². The van der Waals surface area contributed by atoms with Crippen molar-refractivity contribution in [1.29, 1.82) is 0 Å². The number of hydrazone groups is 1. The molecule has 1 amide bonds. The van der Waals surface area contributed by atoms with Gasteiger partial charge in [0.05, 0.1) is 27.4 Å². The molecule has 1 fully saturated rings. The van der Waals surface area contributed by atoms with Crippen LogP contribution in [0.5, 0.6) is 11.5 Å². The van der Waals surface area contributed by atoms with Crippen molar-refractivity contribution in [2.75, 3.05) is 18.6 Å². The Hall–Kier alpha value is -1.10. The number of methoxy groups -OCH3 is 1. The zero-order valence-corrected chi connectivity index (χ0v) is 21.2. The van der Waals surface area contributed by atoms with Crippen molar-refractivity contribution < 1.29 is 14.3 Å². The van der Waals surface area contributed by atoms with E-state index in [-0.39, 0.29) is 9.99 Å². The summed E-state index contributed by atoms with van der Waals surface area (Å²) in [5, 5.41) is 4.80. The Morgan fingerprint density at radius 2 is 2.00 bits per heavy atom. The monoisotopic (exact) mass is 576 g/mol. The standard InChI is InChI=1S/C21H22ClIN2O3S2/c1-21(29-7-8-30-21)11-19(26)25-24-12-15-9-17(23)20(18(10-15)27-2)28-13-14-3-5-16(22)6-4-14/h3-6,9-10,12H,7-8,11,13H2,1-2H3,(H,25,26)/b24-12-. The van der Waals surface area contributed by atoms with Crippen LogP contribution < -0.4 is 14.9 Å². The van der Waals surface area contributed by atoms with Crippen molar-refractivity contribution in [3.8, 4) is 11.5 Å². The Balaban J connectivity index is 1.61. The molecule has 1 aliphatic heterocycles. The number of benzene rings is 2. The summed E-state index contributed by atoms with van der Waals surface area (Å²) in [4.78, 5) is 12.2. The molecule has 0 spiro atoms. The van der Waals surface area contributed by atoms with E-state index in [0.29, 0.717) is 29.5 Å². The molecule has 3 rings (SSSR count). The second-order valence-electron chi connectivity index (χ2n) is 6.75. The number of nitrogens with one attached hydrogen (secondary N) is 1. The van der Waals surface area contributed by atoms with E-state index in [9.17, 15) is 4.79 Å². The third-order valence-corrected chi connectivity index (χ3v) is 8.68. The minimum Gasteiger partial charge on any atom is -0.493 e. The molecule has 0 bridgehead atoms. The van der Waals surface area contributed by atoms with Crippen molar-refractivity contribution in [3.05, 3.63) is 56.1 Å². The maximum absolute atomic E-state index is 12.2. The van der Waals surface area contributed by atoms with Crippen molar-refractivity contribution in [3.63, 3.8) is 0 Å². The number of hydrogen-bond acceptors (Lipinski definition) is 6. The highest BCUT2D eigenvalue weighted by atomic mass is 127. The average Bonchev–Trinajstić information content (AvgIpc) is 3.13. The molecule has 2 aromatic carbocycles. The molecule has 0 atom stereocenters. The van der Waals surface area contributed by atoms with Crippen molar-refractivity contribution in [1.82, 2.24) is 5.43 Å². The molecule has 0 unspecified atom stereocenters. The summed E-state index contributed by atoms with van der Waals surface area (Å²) < 4.78 is 12.3. The van der Waals surface area contributed by atoms with Crippen LogP contribution in [0.4, 0.5) is 0 Å². The van der Waals surface area contributed by atoms with E-state index in [1.54, 1.807) is 13.3 Å². The topological polar surface area (TPSA) is 59.9 Å². The van der Waals surface area contributed by atoms with Gasteiger partial charge in [-0.1, -0.05) is 23.7 Å². The van der Waals surface area contributed by atoms with E-state index in [2.05, 4.69) is 40.0 Å². The fraction of sp³-hybridized carbons (Fsp3) is 0.333. The predicted octanol–water partition coefficient (Wildman–Crippen LogP) is 5.57. The van der Waals surface area contributed by atoms with Crippen LogP contribution in [0.3, 0.4) is 0 Å². The molecule has 1 N–H and O–H groups in total. The first-order chi connectivity index (χ1) is 14.4.